The van der Waals surface area contributed by atoms with E-state index in [1.807, 2.05) is 65.7 Å². The van der Waals surface area contributed by atoms with Crippen LogP contribution in [-0.2, 0) is 0 Å². The van der Waals surface area contributed by atoms with Crippen molar-refractivity contribution in [2.75, 3.05) is 13.1 Å². The van der Waals surface area contributed by atoms with Crippen LogP contribution < -0.4 is 4.74 Å². The van der Waals surface area contributed by atoms with E-state index >= 15 is 0 Å². The van der Waals surface area contributed by atoms with E-state index in [9.17, 15) is 4.79 Å². The molecule has 4 nitrogen and oxygen atoms in total. The third-order valence-corrected chi connectivity index (χ3v) is 5.90. The van der Waals surface area contributed by atoms with Crippen LogP contribution in [-0.4, -0.2) is 35.0 Å². The van der Waals surface area contributed by atoms with Gasteiger partial charge in [0.05, 0.1) is 10.7 Å². The van der Waals surface area contributed by atoms with Gasteiger partial charge in [-0.2, -0.15) is 0 Å². The van der Waals surface area contributed by atoms with Gasteiger partial charge in [-0.05, 0) is 43.3 Å². The maximum atomic E-state index is 12.9. The highest BCUT2D eigenvalue weighted by molar-refractivity contribution is 7.09. The number of aromatic nitrogens is 1. The van der Waals surface area contributed by atoms with Gasteiger partial charge in [-0.15, -0.1) is 11.3 Å². The molecule has 1 fully saturated rings. The maximum absolute atomic E-state index is 12.9. The van der Waals surface area contributed by atoms with E-state index in [0.717, 1.165) is 34.9 Å². The van der Waals surface area contributed by atoms with Crippen molar-refractivity contribution in [3.63, 3.8) is 0 Å². The van der Waals surface area contributed by atoms with Crippen LogP contribution in [0.25, 0.3) is 11.3 Å². The van der Waals surface area contributed by atoms with Crippen LogP contribution in [0.2, 0.25) is 5.02 Å². The number of carbonyl (C=O) groups is 1. The van der Waals surface area contributed by atoms with Gasteiger partial charge in [0.15, 0.2) is 0 Å². The molecule has 1 aromatic heterocycles. The Morgan fingerprint density at radius 2 is 1.93 bits per heavy atom. The molecule has 3 aromatic rings. The van der Waals surface area contributed by atoms with Crippen molar-refractivity contribution < 1.29 is 9.53 Å². The van der Waals surface area contributed by atoms with Gasteiger partial charge in [-0.25, -0.2) is 4.98 Å². The summed E-state index contributed by atoms with van der Waals surface area (Å²) in [6.45, 7) is 3.37. The smallest absolute Gasteiger partial charge is 0.253 e. The second kappa shape index (κ2) is 8.33. The fraction of sp³-hybridized carbons (Fsp3) is 0.273. The Hall–Kier alpha value is -2.37. The molecule has 6 heteroatoms. The zero-order chi connectivity index (χ0) is 19.5. The lowest BCUT2D eigenvalue weighted by molar-refractivity contribution is 0.0595. The molecule has 0 atom stereocenters. The SMILES string of the molecule is Cc1nc(-c2cccc(C(=O)N3CCC(Oc4ccc(Cl)cc4)CC3)c2)cs1. The zero-order valence-electron chi connectivity index (χ0n) is 15.6. The predicted molar refractivity (Wildman–Crippen MR) is 113 cm³/mol. The minimum Gasteiger partial charge on any atom is -0.490 e. The molecule has 1 saturated heterocycles. The van der Waals surface area contributed by atoms with Crippen molar-refractivity contribution in [3.05, 3.63) is 69.5 Å². The lowest BCUT2D eigenvalue weighted by Crippen LogP contribution is -2.41. The molecule has 0 N–H and O–H groups in total. The molecule has 0 saturated carbocycles. The van der Waals surface area contributed by atoms with E-state index in [1.165, 1.54) is 0 Å². The first-order chi connectivity index (χ1) is 13.6. The monoisotopic (exact) mass is 412 g/mol. The number of amides is 1. The Kier molecular flexibility index (Phi) is 5.64. The number of likely N-dealkylation sites (tertiary alicyclic amines) is 1. The Bertz CT molecular complexity index is 963. The number of hydrogen-bond acceptors (Lipinski definition) is 4. The molecular weight excluding hydrogens is 392 g/mol. The second-order valence-corrected chi connectivity index (χ2v) is 8.39. The average molecular weight is 413 g/mol. The highest BCUT2D eigenvalue weighted by Crippen LogP contribution is 2.25. The van der Waals surface area contributed by atoms with Crippen LogP contribution in [0.5, 0.6) is 5.75 Å². The van der Waals surface area contributed by atoms with Crippen LogP contribution in [0.4, 0.5) is 0 Å². The number of rotatable bonds is 4. The predicted octanol–water partition coefficient (Wildman–Crippen LogP) is 5.46. The number of halogens is 1. The summed E-state index contributed by atoms with van der Waals surface area (Å²) in [4.78, 5) is 19.4. The summed E-state index contributed by atoms with van der Waals surface area (Å²) in [5.74, 6) is 0.888. The lowest BCUT2D eigenvalue weighted by Gasteiger charge is -2.32. The van der Waals surface area contributed by atoms with E-state index in [0.29, 0.717) is 23.7 Å². The molecule has 2 aromatic carbocycles. The largest absolute Gasteiger partial charge is 0.490 e. The fourth-order valence-corrected chi connectivity index (χ4v) is 4.12. The highest BCUT2D eigenvalue weighted by Gasteiger charge is 2.25. The number of ether oxygens (including phenoxy) is 1. The fourth-order valence-electron chi connectivity index (χ4n) is 3.37. The van der Waals surface area contributed by atoms with Gasteiger partial charge < -0.3 is 9.64 Å². The Labute approximate surface area is 173 Å². The van der Waals surface area contributed by atoms with Gasteiger partial charge in [0.25, 0.3) is 5.91 Å². The summed E-state index contributed by atoms with van der Waals surface area (Å²) < 4.78 is 6.02. The van der Waals surface area contributed by atoms with Crippen molar-refractivity contribution >= 4 is 28.8 Å². The number of carbonyl (C=O) groups excluding carboxylic acids is 1. The molecule has 28 heavy (non-hydrogen) atoms. The van der Waals surface area contributed by atoms with Gasteiger partial charge in [0.1, 0.15) is 11.9 Å². The van der Waals surface area contributed by atoms with Crippen LogP contribution >= 0.6 is 22.9 Å². The molecule has 144 valence electrons. The maximum Gasteiger partial charge on any atom is 0.253 e. The molecule has 1 aliphatic rings. The first-order valence-corrected chi connectivity index (χ1v) is 10.6. The summed E-state index contributed by atoms with van der Waals surface area (Å²) in [5.41, 5.74) is 2.61. The van der Waals surface area contributed by atoms with Crippen LogP contribution in [0.1, 0.15) is 28.2 Å². The van der Waals surface area contributed by atoms with Crippen molar-refractivity contribution in [1.29, 1.82) is 0 Å². The van der Waals surface area contributed by atoms with E-state index in [1.54, 1.807) is 11.3 Å². The number of benzene rings is 2. The van der Waals surface area contributed by atoms with Gasteiger partial charge >= 0.3 is 0 Å². The van der Waals surface area contributed by atoms with Gasteiger partial charge in [-0.3, -0.25) is 4.79 Å². The minimum atomic E-state index is 0.0683. The number of piperidine rings is 1. The summed E-state index contributed by atoms with van der Waals surface area (Å²) >= 11 is 7.53. The van der Waals surface area contributed by atoms with Crippen LogP contribution in [0.3, 0.4) is 0 Å². The normalized spacial score (nSPS) is 14.9. The number of hydrogen-bond donors (Lipinski definition) is 0. The van der Waals surface area contributed by atoms with E-state index < -0.39 is 0 Å². The van der Waals surface area contributed by atoms with E-state index in [4.69, 9.17) is 16.3 Å². The third-order valence-electron chi connectivity index (χ3n) is 4.87. The summed E-state index contributed by atoms with van der Waals surface area (Å²) in [6.07, 6.45) is 1.76. The molecular formula is C22H21ClN2O2S. The first kappa shape index (κ1) is 19.0. The molecule has 0 spiro atoms. The van der Waals surface area contributed by atoms with Crippen LogP contribution in [0, 0.1) is 6.92 Å². The average Bonchev–Trinajstić information content (AvgIpc) is 3.16. The molecule has 0 radical (unpaired) electrons. The molecule has 0 bridgehead atoms. The van der Waals surface area contributed by atoms with Crippen molar-refractivity contribution in [2.24, 2.45) is 0 Å². The molecule has 2 heterocycles. The molecule has 1 amide bonds. The van der Waals surface area contributed by atoms with Gasteiger partial charge in [-0.1, -0.05) is 23.7 Å². The molecule has 0 unspecified atom stereocenters. The zero-order valence-corrected chi connectivity index (χ0v) is 17.2. The molecule has 1 aliphatic heterocycles. The highest BCUT2D eigenvalue weighted by atomic mass is 35.5. The summed E-state index contributed by atoms with van der Waals surface area (Å²) in [7, 11) is 0. The Balaban J connectivity index is 1.38. The van der Waals surface area contributed by atoms with Crippen LogP contribution in [0.15, 0.2) is 53.9 Å². The lowest BCUT2D eigenvalue weighted by atomic mass is 10.0. The topological polar surface area (TPSA) is 42.4 Å². The van der Waals surface area contributed by atoms with E-state index in [2.05, 4.69) is 4.98 Å². The molecule has 4 rings (SSSR count). The third kappa shape index (κ3) is 4.37. The number of thiazole rings is 1. The van der Waals surface area contributed by atoms with Gasteiger partial charge in [0.2, 0.25) is 0 Å². The van der Waals surface area contributed by atoms with Crippen molar-refractivity contribution in [3.8, 4) is 17.0 Å². The Morgan fingerprint density at radius 3 is 2.61 bits per heavy atom. The quantitative estimate of drug-likeness (QED) is 0.571. The number of nitrogens with zero attached hydrogens (tertiary/aromatic N) is 2. The summed E-state index contributed by atoms with van der Waals surface area (Å²) in [6, 6.07) is 15.1. The second-order valence-electron chi connectivity index (χ2n) is 6.90. The summed E-state index contributed by atoms with van der Waals surface area (Å²) in [5, 5.41) is 3.75. The Morgan fingerprint density at radius 1 is 1.18 bits per heavy atom. The standard InChI is InChI=1S/C22H21ClN2O2S/c1-15-24-21(14-28-15)16-3-2-4-17(13-16)22(26)25-11-9-20(10-12-25)27-19-7-5-18(23)6-8-19/h2-8,13-14,20H,9-12H2,1H3. The first-order valence-electron chi connectivity index (χ1n) is 9.32. The van der Waals surface area contributed by atoms with Crippen molar-refractivity contribution in [2.45, 2.75) is 25.9 Å². The molecule has 0 aliphatic carbocycles. The van der Waals surface area contributed by atoms with E-state index in [-0.39, 0.29) is 12.0 Å². The van der Waals surface area contributed by atoms with Crippen molar-refractivity contribution in [1.82, 2.24) is 9.88 Å². The number of aryl methyl sites for hydroxylation is 1. The minimum absolute atomic E-state index is 0.0683. The van der Waals surface area contributed by atoms with Gasteiger partial charge in [0, 0.05) is 47.5 Å².